The van der Waals surface area contributed by atoms with E-state index in [1.165, 1.54) is 30.4 Å². The molecule has 5 heteroatoms. The number of nitrogens with zero attached hydrogens (tertiary/aromatic N) is 5. The van der Waals surface area contributed by atoms with Gasteiger partial charge in [-0.2, -0.15) is 26.3 Å². The van der Waals surface area contributed by atoms with Crippen molar-refractivity contribution in [1.82, 2.24) is 0 Å². The summed E-state index contributed by atoms with van der Waals surface area (Å²) in [5, 5.41) is 45.5. The Kier molecular flexibility index (Phi) is 10.4. The van der Waals surface area contributed by atoms with Gasteiger partial charge in [0.2, 0.25) is 0 Å². The van der Waals surface area contributed by atoms with E-state index in [0.717, 1.165) is 0 Å². The molecule has 0 aromatic carbocycles. The summed E-state index contributed by atoms with van der Waals surface area (Å²) in [5.41, 5.74) is 0.860. The third-order valence-corrected chi connectivity index (χ3v) is 2.66. The van der Waals surface area contributed by atoms with Gasteiger partial charge in [-0.3, -0.25) is 0 Å². The van der Waals surface area contributed by atoms with E-state index in [2.05, 4.69) is 0 Å². The van der Waals surface area contributed by atoms with Crippen molar-refractivity contribution in [3.8, 4) is 30.3 Å². The Morgan fingerprint density at radius 1 is 0.640 bits per heavy atom. The molecule has 120 valence electrons. The lowest BCUT2D eigenvalue weighted by Crippen LogP contribution is -1.84. The van der Waals surface area contributed by atoms with Crippen LogP contribution >= 0.6 is 0 Å². The van der Waals surface area contributed by atoms with Crippen molar-refractivity contribution in [3.05, 3.63) is 70.4 Å². The van der Waals surface area contributed by atoms with Gasteiger partial charge in [0.1, 0.15) is 0 Å². The van der Waals surface area contributed by atoms with Crippen molar-refractivity contribution in [2.45, 2.75) is 20.3 Å². The second-order valence-electron chi connectivity index (χ2n) is 4.53. The first kappa shape index (κ1) is 20.9. The van der Waals surface area contributed by atoms with Crippen LogP contribution in [-0.2, 0) is 0 Å². The fraction of sp³-hybridized carbons (Fsp3) is 0.150. The largest absolute Gasteiger partial charge is 0.192 e. The van der Waals surface area contributed by atoms with Gasteiger partial charge < -0.3 is 0 Å². The second kappa shape index (κ2) is 12.4. The maximum Gasteiger partial charge on any atom is 0.0992 e. The van der Waals surface area contributed by atoms with Crippen molar-refractivity contribution in [3.63, 3.8) is 0 Å². The maximum atomic E-state index is 9.22. The Morgan fingerprint density at radius 2 is 1.00 bits per heavy atom. The Bertz CT molecular complexity index is 886. The summed E-state index contributed by atoms with van der Waals surface area (Å²) in [4.78, 5) is 0. The maximum absolute atomic E-state index is 9.22. The molecule has 0 heterocycles. The average molecular weight is 325 g/mol. The quantitative estimate of drug-likeness (QED) is 0.535. The lowest BCUT2D eigenvalue weighted by molar-refractivity contribution is 1.21. The van der Waals surface area contributed by atoms with Gasteiger partial charge in [0.15, 0.2) is 0 Å². The average Bonchev–Trinajstić information content (AvgIpc) is 2.64. The Labute approximate surface area is 147 Å². The molecular formula is C20H15N5. The second-order valence-corrected chi connectivity index (χ2v) is 4.53. The highest BCUT2D eigenvalue weighted by Gasteiger charge is 2.01. The summed E-state index contributed by atoms with van der Waals surface area (Å²) in [7, 11) is 0. The number of hydrogen-bond donors (Lipinski definition) is 0. The molecule has 0 aliphatic carbocycles. The molecule has 0 amide bonds. The first-order valence-electron chi connectivity index (χ1n) is 7.28. The summed E-state index contributed by atoms with van der Waals surface area (Å²) in [6, 6.07) is 9.58. The van der Waals surface area contributed by atoms with Gasteiger partial charge >= 0.3 is 0 Å². The van der Waals surface area contributed by atoms with Gasteiger partial charge in [-0.1, -0.05) is 19.1 Å². The minimum Gasteiger partial charge on any atom is -0.192 e. The SMILES string of the molecule is C/C=C/C(C#N)=C/C(C#N)=C/C(C#N)=C/C(C#N)=C/C(C#N)=C/CC. The summed E-state index contributed by atoms with van der Waals surface area (Å²) < 4.78 is 0. The zero-order valence-corrected chi connectivity index (χ0v) is 14.0. The molecule has 0 radical (unpaired) electrons. The third-order valence-electron chi connectivity index (χ3n) is 2.66. The van der Waals surface area contributed by atoms with Crippen LogP contribution in [0.4, 0.5) is 0 Å². The van der Waals surface area contributed by atoms with Gasteiger partial charge in [0, 0.05) is 5.57 Å². The van der Waals surface area contributed by atoms with E-state index in [1.54, 1.807) is 19.1 Å². The molecule has 0 spiro atoms. The fourth-order valence-electron chi connectivity index (χ4n) is 1.64. The molecule has 0 atom stereocenters. The van der Waals surface area contributed by atoms with Gasteiger partial charge in [-0.05, 0) is 43.7 Å². The molecule has 25 heavy (non-hydrogen) atoms. The molecule has 0 bridgehead atoms. The monoisotopic (exact) mass is 325 g/mol. The molecule has 5 nitrogen and oxygen atoms in total. The van der Waals surface area contributed by atoms with Crippen molar-refractivity contribution in [2.75, 3.05) is 0 Å². The van der Waals surface area contributed by atoms with E-state index in [-0.39, 0.29) is 22.3 Å². The first-order chi connectivity index (χ1) is 12.1. The van der Waals surface area contributed by atoms with Crippen molar-refractivity contribution >= 4 is 0 Å². The number of hydrogen-bond acceptors (Lipinski definition) is 5. The smallest absolute Gasteiger partial charge is 0.0992 e. The van der Waals surface area contributed by atoms with E-state index < -0.39 is 0 Å². The summed E-state index contributed by atoms with van der Waals surface area (Å²) >= 11 is 0. The van der Waals surface area contributed by atoms with E-state index in [4.69, 9.17) is 21.0 Å². The number of allylic oxidation sites excluding steroid dienone is 12. The van der Waals surface area contributed by atoms with E-state index in [1.807, 2.05) is 37.3 Å². The Balaban J connectivity index is 6.02. The molecule has 0 aromatic rings. The van der Waals surface area contributed by atoms with Crippen LogP contribution in [0.25, 0.3) is 0 Å². The standard InChI is InChI=1S/C20H15N5/c1-3-5-16(11-21)7-18(13-23)9-20(15-25)10-19(14-24)8-17(12-22)6-4-2/h3,5-10H,4H2,1-2H3/b5-3+,16-7-,17-6-,18-9-,19-8-,20-10-. The van der Waals surface area contributed by atoms with Crippen molar-refractivity contribution in [1.29, 1.82) is 26.3 Å². The predicted octanol–water partition coefficient (Wildman–Crippen LogP) is 4.22. The number of nitriles is 5. The van der Waals surface area contributed by atoms with Gasteiger partial charge in [-0.15, -0.1) is 0 Å². The molecular weight excluding hydrogens is 310 g/mol. The zero-order valence-electron chi connectivity index (χ0n) is 14.0. The van der Waals surface area contributed by atoms with E-state index in [0.29, 0.717) is 12.0 Å². The normalized spacial score (nSPS) is 13.4. The minimum absolute atomic E-state index is 0.0622. The molecule has 0 aliphatic rings. The molecule has 0 saturated carbocycles. The van der Waals surface area contributed by atoms with Gasteiger partial charge in [0.25, 0.3) is 0 Å². The Morgan fingerprint density at radius 3 is 1.32 bits per heavy atom. The molecule has 0 unspecified atom stereocenters. The minimum atomic E-state index is 0.0622. The van der Waals surface area contributed by atoms with E-state index >= 15 is 0 Å². The van der Waals surface area contributed by atoms with Crippen LogP contribution in [0.2, 0.25) is 0 Å². The van der Waals surface area contributed by atoms with E-state index in [9.17, 15) is 5.26 Å². The molecule has 0 aliphatic heterocycles. The molecule has 0 N–H and O–H groups in total. The fourth-order valence-corrected chi connectivity index (χ4v) is 1.64. The molecule has 0 saturated heterocycles. The lowest BCUT2D eigenvalue weighted by Gasteiger charge is -1.94. The first-order valence-corrected chi connectivity index (χ1v) is 7.28. The summed E-state index contributed by atoms with van der Waals surface area (Å²) in [6.45, 7) is 3.60. The van der Waals surface area contributed by atoms with Crippen LogP contribution in [0.1, 0.15) is 20.3 Å². The highest BCUT2D eigenvalue weighted by molar-refractivity contribution is 5.54. The van der Waals surface area contributed by atoms with Crippen LogP contribution in [-0.4, -0.2) is 0 Å². The van der Waals surface area contributed by atoms with Crippen LogP contribution < -0.4 is 0 Å². The van der Waals surface area contributed by atoms with Gasteiger partial charge in [-0.25, -0.2) is 0 Å². The van der Waals surface area contributed by atoms with Gasteiger partial charge in [0.05, 0.1) is 52.6 Å². The summed E-state index contributed by atoms with van der Waals surface area (Å²) in [5.74, 6) is 0. The highest BCUT2D eigenvalue weighted by atomic mass is 14.3. The van der Waals surface area contributed by atoms with Crippen LogP contribution in [0.5, 0.6) is 0 Å². The molecule has 0 aromatic heterocycles. The highest BCUT2D eigenvalue weighted by Crippen LogP contribution is 2.11. The number of rotatable bonds is 6. The lowest BCUT2D eigenvalue weighted by atomic mass is 10.1. The van der Waals surface area contributed by atoms with Crippen molar-refractivity contribution < 1.29 is 0 Å². The third kappa shape index (κ3) is 8.18. The van der Waals surface area contributed by atoms with Crippen molar-refractivity contribution in [2.24, 2.45) is 0 Å². The molecule has 0 rings (SSSR count). The Hall–Kier alpha value is -4.11. The van der Waals surface area contributed by atoms with Crippen LogP contribution in [0.3, 0.4) is 0 Å². The van der Waals surface area contributed by atoms with Crippen LogP contribution in [0, 0.1) is 56.7 Å². The van der Waals surface area contributed by atoms with Crippen LogP contribution in [0.15, 0.2) is 70.4 Å². The summed E-state index contributed by atoms with van der Waals surface area (Å²) in [6.07, 6.45) is 10.8. The molecule has 0 fully saturated rings. The zero-order chi connectivity index (χ0) is 19.1. The topological polar surface area (TPSA) is 119 Å². The predicted molar refractivity (Wildman–Crippen MR) is 93.6 cm³/mol.